The van der Waals surface area contributed by atoms with E-state index in [0.717, 1.165) is 32.7 Å². The first-order valence-corrected chi connectivity index (χ1v) is 9.42. The molecule has 1 aliphatic rings. The van der Waals surface area contributed by atoms with Gasteiger partial charge in [-0.2, -0.15) is 5.10 Å². The minimum absolute atomic E-state index is 0.0841. The van der Waals surface area contributed by atoms with Crippen LogP contribution in [0.2, 0.25) is 0 Å². The van der Waals surface area contributed by atoms with Crippen LogP contribution < -0.4 is 0 Å². The zero-order chi connectivity index (χ0) is 19.3. The van der Waals surface area contributed by atoms with Gasteiger partial charge in [0.15, 0.2) is 0 Å². The number of rotatable bonds is 5. The molecule has 0 saturated carbocycles. The molecule has 0 radical (unpaired) electrons. The molecule has 0 aliphatic carbocycles. The highest BCUT2D eigenvalue weighted by Gasteiger charge is 2.17. The Hall–Kier alpha value is -3.25. The number of nitro benzene ring substituents is 1. The highest BCUT2D eigenvalue weighted by molar-refractivity contribution is 5.86. The summed E-state index contributed by atoms with van der Waals surface area (Å²) in [5.41, 5.74) is 1.96. The highest BCUT2D eigenvalue weighted by atomic mass is 16.6. The summed E-state index contributed by atoms with van der Waals surface area (Å²) in [6, 6.07) is 21.6. The first-order valence-electron chi connectivity index (χ1n) is 9.42. The third-order valence-corrected chi connectivity index (χ3v) is 5.12. The number of hydrazone groups is 1. The number of piperazine rings is 1. The van der Waals surface area contributed by atoms with Gasteiger partial charge in [-0.05, 0) is 22.4 Å². The Balaban J connectivity index is 1.38. The molecular formula is C22H22N4O2. The van der Waals surface area contributed by atoms with Crippen molar-refractivity contribution in [2.24, 2.45) is 5.10 Å². The van der Waals surface area contributed by atoms with Crippen molar-refractivity contribution in [2.75, 3.05) is 26.2 Å². The van der Waals surface area contributed by atoms with Crippen LogP contribution in [0.25, 0.3) is 10.8 Å². The van der Waals surface area contributed by atoms with Crippen LogP contribution in [-0.2, 0) is 6.54 Å². The Morgan fingerprint density at radius 1 is 0.929 bits per heavy atom. The summed E-state index contributed by atoms with van der Waals surface area (Å²) in [6.07, 6.45) is 1.60. The van der Waals surface area contributed by atoms with Gasteiger partial charge in [0.1, 0.15) is 0 Å². The molecule has 1 aliphatic heterocycles. The molecule has 6 heteroatoms. The van der Waals surface area contributed by atoms with Gasteiger partial charge in [-0.25, -0.2) is 0 Å². The van der Waals surface area contributed by atoms with Crippen molar-refractivity contribution in [3.8, 4) is 0 Å². The number of fused-ring (bicyclic) bond motifs is 1. The summed E-state index contributed by atoms with van der Waals surface area (Å²) in [6.45, 7) is 4.36. The zero-order valence-corrected chi connectivity index (χ0v) is 15.6. The third-order valence-electron chi connectivity index (χ3n) is 5.12. The lowest BCUT2D eigenvalue weighted by Crippen LogP contribution is -2.43. The number of nitro groups is 1. The second-order valence-corrected chi connectivity index (χ2v) is 6.93. The molecule has 142 valence electrons. The van der Waals surface area contributed by atoms with E-state index in [-0.39, 0.29) is 10.6 Å². The van der Waals surface area contributed by atoms with Gasteiger partial charge in [-0.3, -0.25) is 20.0 Å². The lowest BCUT2D eigenvalue weighted by Gasteiger charge is -2.33. The fourth-order valence-electron chi connectivity index (χ4n) is 3.59. The van der Waals surface area contributed by atoms with E-state index >= 15 is 0 Å². The van der Waals surface area contributed by atoms with E-state index in [1.54, 1.807) is 24.4 Å². The Kier molecular flexibility index (Phi) is 5.30. The van der Waals surface area contributed by atoms with E-state index in [4.69, 9.17) is 0 Å². The van der Waals surface area contributed by atoms with Crippen molar-refractivity contribution >= 4 is 22.7 Å². The lowest BCUT2D eigenvalue weighted by molar-refractivity contribution is -0.385. The third kappa shape index (κ3) is 4.02. The molecule has 0 bridgehead atoms. The molecule has 1 fully saturated rings. The van der Waals surface area contributed by atoms with Crippen molar-refractivity contribution < 1.29 is 4.92 Å². The maximum atomic E-state index is 11.1. The topological polar surface area (TPSA) is 62.0 Å². The smallest absolute Gasteiger partial charge is 0.278 e. The van der Waals surface area contributed by atoms with Gasteiger partial charge in [0.25, 0.3) is 5.69 Å². The second kappa shape index (κ2) is 8.19. The van der Waals surface area contributed by atoms with Gasteiger partial charge >= 0.3 is 0 Å². The SMILES string of the molecule is O=[N+]([O-])c1ccccc1/C=N/N1CCN(Cc2cccc3ccccc23)CC1. The average molecular weight is 374 g/mol. The lowest BCUT2D eigenvalue weighted by atomic mass is 10.0. The van der Waals surface area contributed by atoms with E-state index in [1.165, 1.54) is 22.4 Å². The Labute approximate surface area is 163 Å². The molecular weight excluding hydrogens is 352 g/mol. The van der Waals surface area contributed by atoms with Crippen LogP contribution in [0, 0.1) is 10.1 Å². The van der Waals surface area contributed by atoms with Crippen LogP contribution in [0.4, 0.5) is 5.69 Å². The van der Waals surface area contributed by atoms with E-state index in [0.29, 0.717) is 5.56 Å². The molecule has 3 aromatic rings. The van der Waals surface area contributed by atoms with Crippen LogP contribution in [-0.4, -0.2) is 47.2 Å². The molecule has 1 heterocycles. The van der Waals surface area contributed by atoms with Crippen LogP contribution in [0.5, 0.6) is 0 Å². The van der Waals surface area contributed by atoms with E-state index in [2.05, 4.69) is 52.5 Å². The molecule has 0 spiro atoms. The maximum Gasteiger partial charge on any atom is 0.278 e. The number of nitrogens with zero attached hydrogens (tertiary/aromatic N) is 4. The molecule has 6 nitrogen and oxygen atoms in total. The number of hydrogen-bond donors (Lipinski definition) is 0. The Morgan fingerprint density at radius 2 is 1.64 bits per heavy atom. The summed E-state index contributed by atoms with van der Waals surface area (Å²) in [7, 11) is 0. The molecule has 0 unspecified atom stereocenters. The van der Waals surface area contributed by atoms with Crippen molar-refractivity contribution in [3.05, 3.63) is 88.0 Å². The molecule has 0 atom stereocenters. The van der Waals surface area contributed by atoms with Crippen LogP contribution in [0.15, 0.2) is 71.8 Å². The van der Waals surface area contributed by atoms with Gasteiger partial charge in [0, 0.05) is 38.8 Å². The fourth-order valence-corrected chi connectivity index (χ4v) is 3.59. The number of para-hydroxylation sites is 1. The minimum atomic E-state index is -0.372. The normalized spacial score (nSPS) is 15.4. The summed E-state index contributed by atoms with van der Waals surface area (Å²) in [4.78, 5) is 13.2. The highest BCUT2D eigenvalue weighted by Crippen LogP contribution is 2.21. The van der Waals surface area contributed by atoms with Crippen LogP contribution >= 0.6 is 0 Å². The first kappa shape index (κ1) is 18.1. The van der Waals surface area contributed by atoms with E-state index in [1.807, 2.05) is 5.01 Å². The van der Waals surface area contributed by atoms with E-state index < -0.39 is 0 Å². The quantitative estimate of drug-likeness (QED) is 0.386. The van der Waals surface area contributed by atoms with Gasteiger partial charge in [0.2, 0.25) is 0 Å². The van der Waals surface area contributed by atoms with Crippen molar-refractivity contribution in [1.82, 2.24) is 9.91 Å². The second-order valence-electron chi connectivity index (χ2n) is 6.93. The van der Waals surface area contributed by atoms with Gasteiger partial charge < -0.3 is 0 Å². The molecule has 0 aromatic heterocycles. The monoisotopic (exact) mass is 374 g/mol. The molecule has 4 rings (SSSR count). The molecule has 28 heavy (non-hydrogen) atoms. The summed E-state index contributed by atoms with van der Waals surface area (Å²) >= 11 is 0. The van der Waals surface area contributed by atoms with Crippen molar-refractivity contribution in [2.45, 2.75) is 6.54 Å². The number of benzene rings is 3. The minimum Gasteiger partial charge on any atom is -0.295 e. The molecule has 0 amide bonds. The van der Waals surface area contributed by atoms with Crippen molar-refractivity contribution in [3.63, 3.8) is 0 Å². The van der Waals surface area contributed by atoms with Gasteiger partial charge in [-0.1, -0.05) is 54.6 Å². The standard InChI is InChI=1S/C22H22N4O2/c27-26(28)22-11-4-2-7-19(22)16-23-25-14-12-24(13-15-25)17-20-9-5-8-18-6-1-3-10-21(18)20/h1-11,16H,12-15,17H2/b23-16+. The molecule has 3 aromatic carbocycles. The largest absolute Gasteiger partial charge is 0.295 e. The fraction of sp³-hybridized carbons (Fsp3) is 0.227. The Morgan fingerprint density at radius 3 is 2.46 bits per heavy atom. The van der Waals surface area contributed by atoms with Gasteiger partial charge in [0.05, 0.1) is 16.7 Å². The van der Waals surface area contributed by atoms with Crippen LogP contribution in [0.1, 0.15) is 11.1 Å². The first-order chi connectivity index (χ1) is 13.7. The zero-order valence-electron chi connectivity index (χ0n) is 15.6. The average Bonchev–Trinajstić information content (AvgIpc) is 2.74. The Bertz CT molecular complexity index is 1000. The van der Waals surface area contributed by atoms with Gasteiger partial charge in [-0.15, -0.1) is 0 Å². The van der Waals surface area contributed by atoms with Crippen molar-refractivity contribution in [1.29, 1.82) is 0 Å². The summed E-state index contributed by atoms with van der Waals surface area (Å²) in [5, 5.41) is 20.1. The predicted molar refractivity (Wildman–Crippen MR) is 111 cm³/mol. The summed E-state index contributed by atoms with van der Waals surface area (Å²) in [5.74, 6) is 0. The predicted octanol–water partition coefficient (Wildman–Crippen LogP) is 3.90. The molecule has 0 N–H and O–H groups in total. The molecule has 1 saturated heterocycles. The number of hydrogen-bond acceptors (Lipinski definition) is 5. The van der Waals surface area contributed by atoms with Crippen LogP contribution in [0.3, 0.4) is 0 Å². The van der Waals surface area contributed by atoms with E-state index in [9.17, 15) is 10.1 Å². The maximum absolute atomic E-state index is 11.1. The summed E-state index contributed by atoms with van der Waals surface area (Å²) < 4.78 is 0.